The monoisotopic (exact) mass is 380 g/mol. The molecule has 140 valence electrons. The molecule has 1 aromatic heterocycles. The fourth-order valence-electron chi connectivity index (χ4n) is 2.41. The van der Waals surface area contributed by atoms with Crippen LogP contribution in [-0.4, -0.2) is 21.9 Å². The summed E-state index contributed by atoms with van der Waals surface area (Å²) >= 11 is 1.72. The van der Waals surface area contributed by atoms with Crippen LogP contribution in [0.5, 0.6) is 0 Å². The van der Waals surface area contributed by atoms with Gasteiger partial charge in [0.05, 0.1) is 11.3 Å². The summed E-state index contributed by atoms with van der Waals surface area (Å²) in [6.45, 7) is 7.13. The molecular formula is C20H23F3N2S. The molecule has 0 aliphatic heterocycles. The van der Waals surface area contributed by atoms with Crippen LogP contribution in [0, 0.1) is 6.92 Å². The molecule has 0 atom stereocenters. The maximum atomic E-state index is 13.3. The highest BCUT2D eigenvalue weighted by molar-refractivity contribution is 7.99. The number of H-pyrrole nitrogens is 1. The van der Waals surface area contributed by atoms with Crippen LogP contribution >= 0.6 is 11.8 Å². The van der Waals surface area contributed by atoms with E-state index in [-0.39, 0.29) is 0 Å². The van der Waals surface area contributed by atoms with Gasteiger partial charge in [0.1, 0.15) is 5.82 Å². The normalized spacial score (nSPS) is 12.3. The van der Waals surface area contributed by atoms with E-state index in [1.54, 1.807) is 32.5 Å². The third kappa shape index (κ3) is 5.27. The van der Waals surface area contributed by atoms with E-state index in [1.165, 1.54) is 0 Å². The number of rotatable bonds is 6. The smallest absolute Gasteiger partial charge is 0.342 e. The van der Waals surface area contributed by atoms with Crippen LogP contribution in [0.2, 0.25) is 0 Å². The topological polar surface area (TPSA) is 28.7 Å². The Bertz CT molecular complexity index is 813. The summed E-state index contributed by atoms with van der Waals surface area (Å²) in [4.78, 5) is 8.63. The molecule has 6 heteroatoms. The summed E-state index contributed by atoms with van der Waals surface area (Å²) in [6, 6.07) is 7.80. The number of benzene rings is 1. The summed E-state index contributed by atoms with van der Waals surface area (Å²) in [5, 5.41) is 0. The molecule has 0 amide bonds. The van der Waals surface area contributed by atoms with Gasteiger partial charge < -0.3 is 4.98 Å². The number of nitrogens with one attached hydrogen (secondary N) is 1. The fraction of sp³-hybridized carbons (Fsp3) is 0.350. The number of thioether (sulfide) groups is 1. The van der Waals surface area contributed by atoms with Crippen molar-refractivity contribution in [2.75, 3.05) is 5.75 Å². The third-order valence-corrected chi connectivity index (χ3v) is 4.87. The zero-order chi connectivity index (χ0) is 19.3. The zero-order valence-electron chi connectivity index (χ0n) is 15.4. The van der Waals surface area contributed by atoms with E-state index < -0.39 is 11.7 Å². The molecule has 1 heterocycles. The van der Waals surface area contributed by atoms with E-state index in [0.717, 1.165) is 34.8 Å². The van der Waals surface area contributed by atoms with Gasteiger partial charge in [0.15, 0.2) is 0 Å². The molecule has 0 radical (unpaired) electrons. The Balaban J connectivity index is 2.47. The van der Waals surface area contributed by atoms with Crippen molar-refractivity contribution < 1.29 is 13.2 Å². The molecule has 1 N–H and O–H groups in total. The Labute approximate surface area is 156 Å². The van der Waals surface area contributed by atoms with Crippen molar-refractivity contribution in [1.29, 1.82) is 0 Å². The van der Waals surface area contributed by atoms with Gasteiger partial charge in [-0.05, 0) is 45.1 Å². The lowest BCUT2D eigenvalue weighted by molar-refractivity contribution is -0.0873. The van der Waals surface area contributed by atoms with E-state index in [9.17, 15) is 13.2 Å². The standard InChI is InChI=1S/C20H23F3N2S/c1-5-10-26-18-9-7-6-8-16(18)19-24-14(4)17(25-19)12-15(11-13(2)3)20(21,22)23/h6-9,11-12H,5,10H2,1-4H3,(H,24,25)/b15-12+. The summed E-state index contributed by atoms with van der Waals surface area (Å²) in [5.41, 5.74) is 1.71. The fourth-order valence-corrected chi connectivity index (χ4v) is 3.32. The summed E-state index contributed by atoms with van der Waals surface area (Å²) < 4.78 is 39.8. The Morgan fingerprint density at radius 2 is 1.92 bits per heavy atom. The van der Waals surface area contributed by atoms with Gasteiger partial charge in [-0.1, -0.05) is 36.8 Å². The van der Waals surface area contributed by atoms with Crippen LogP contribution < -0.4 is 0 Å². The predicted octanol–water partition coefficient (Wildman–Crippen LogP) is 6.80. The van der Waals surface area contributed by atoms with Gasteiger partial charge in [-0.25, -0.2) is 4.98 Å². The second-order valence-electron chi connectivity index (χ2n) is 6.26. The summed E-state index contributed by atoms with van der Waals surface area (Å²) in [7, 11) is 0. The number of halogens is 3. The van der Waals surface area contributed by atoms with Crippen LogP contribution in [0.1, 0.15) is 38.6 Å². The maximum Gasteiger partial charge on any atom is 0.416 e. The van der Waals surface area contributed by atoms with Crippen molar-refractivity contribution in [2.24, 2.45) is 0 Å². The van der Waals surface area contributed by atoms with Crippen LogP contribution in [0.3, 0.4) is 0 Å². The summed E-state index contributed by atoms with van der Waals surface area (Å²) in [5.74, 6) is 1.56. The van der Waals surface area contributed by atoms with E-state index in [2.05, 4.69) is 16.9 Å². The minimum absolute atomic E-state index is 0.306. The first-order valence-electron chi connectivity index (χ1n) is 8.45. The van der Waals surface area contributed by atoms with Crippen LogP contribution in [-0.2, 0) is 0 Å². The SMILES string of the molecule is CCCSc1ccccc1-c1nc(/C=C(\C=C(C)C)C(F)(F)F)c(C)[nH]1. The van der Waals surface area contributed by atoms with E-state index in [0.29, 0.717) is 22.8 Å². The molecule has 26 heavy (non-hydrogen) atoms. The minimum atomic E-state index is -4.42. The molecule has 0 bridgehead atoms. The molecule has 0 aliphatic carbocycles. The van der Waals surface area contributed by atoms with Crippen molar-refractivity contribution in [1.82, 2.24) is 9.97 Å². The molecule has 0 fully saturated rings. The number of aryl methyl sites for hydroxylation is 1. The van der Waals surface area contributed by atoms with Crippen molar-refractivity contribution in [3.8, 4) is 11.4 Å². The van der Waals surface area contributed by atoms with Crippen LogP contribution in [0.25, 0.3) is 17.5 Å². The number of aromatic amines is 1. The highest BCUT2D eigenvalue weighted by Crippen LogP contribution is 2.33. The molecule has 2 aromatic rings. The lowest BCUT2D eigenvalue weighted by Crippen LogP contribution is -2.10. The molecule has 2 rings (SSSR count). The molecule has 0 unspecified atom stereocenters. The summed E-state index contributed by atoms with van der Waals surface area (Å²) in [6.07, 6.45) is -1.14. The molecular weight excluding hydrogens is 357 g/mol. The van der Waals surface area contributed by atoms with Crippen LogP contribution in [0.4, 0.5) is 13.2 Å². The molecule has 2 nitrogen and oxygen atoms in total. The number of hydrogen-bond donors (Lipinski definition) is 1. The predicted molar refractivity (Wildman–Crippen MR) is 103 cm³/mol. The molecule has 0 saturated heterocycles. The Hall–Kier alpha value is -1.95. The first-order valence-corrected chi connectivity index (χ1v) is 9.43. The highest BCUT2D eigenvalue weighted by atomic mass is 32.2. The largest absolute Gasteiger partial charge is 0.416 e. The third-order valence-electron chi connectivity index (χ3n) is 3.59. The number of hydrogen-bond acceptors (Lipinski definition) is 2. The van der Waals surface area contributed by atoms with Crippen molar-refractivity contribution in [3.05, 3.63) is 52.9 Å². The van der Waals surface area contributed by atoms with Gasteiger partial charge >= 0.3 is 6.18 Å². The molecule has 0 spiro atoms. The number of imidazole rings is 1. The lowest BCUT2D eigenvalue weighted by Gasteiger charge is -2.08. The molecule has 1 aromatic carbocycles. The minimum Gasteiger partial charge on any atom is -0.342 e. The zero-order valence-corrected chi connectivity index (χ0v) is 16.2. The van der Waals surface area contributed by atoms with E-state index in [4.69, 9.17) is 0 Å². The maximum absolute atomic E-state index is 13.3. The van der Waals surface area contributed by atoms with E-state index >= 15 is 0 Å². The lowest BCUT2D eigenvalue weighted by atomic mass is 10.1. The Kier molecular flexibility index (Phi) is 6.75. The van der Waals surface area contributed by atoms with Crippen molar-refractivity contribution in [2.45, 2.75) is 45.2 Å². The van der Waals surface area contributed by atoms with Crippen molar-refractivity contribution >= 4 is 17.8 Å². The number of aromatic nitrogens is 2. The van der Waals surface area contributed by atoms with Gasteiger partial charge in [0.2, 0.25) is 0 Å². The van der Waals surface area contributed by atoms with Gasteiger partial charge in [-0.3, -0.25) is 0 Å². The van der Waals surface area contributed by atoms with Crippen LogP contribution in [0.15, 0.2) is 46.4 Å². The van der Waals surface area contributed by atoms with E-state index in [1.807, 2.05) is 24.3 Å². The molecule has 0 saturated carbocycles. The average molecular weight is 380 g/mol. The molecule has 0 aliphatic rings. The van der Waals surface area contributed by atoms with Crippen molar-refractivity contribution in [3.63, 3.8) is 0 Å². The first kappa shape index (κ1) is 20.4. The first-order chi connectivity index (χ1) is 12.2. The van der Waals surface area contributed by atoms with Gasteiger partial charge in [-0.15, -0.1) is 11.8 Å². The Morgan fingerprint density at radius 1 is 1.23 bits per heavy atom. The Morgan fingerprint density at radius 3 is 2.54 bits per heavy atom. The van der Waals surface area contributed by atoms with Gasteiger partial charge in [0.25, 0.3) is 0 Å². The van der Waals surface area contributed by atoms with Gasteiger partial charge in [0, 0.05) is 16.2 Å². The number of alkyl halides is 3. The van der Waals surface area contributed by atoms with Gasteiger partial charge in [-0.2, -0.15) is 13.2 Å². The quantitative estimate of drug-likeness (QED) is 0.441. The second kappa shape index (κ2) is 8.62. The average Bonchev–Trinajstić information content (AvgIpc) is 2.92. The number of nitrogens with zero attached hydrogens (tertiary/aromatic N) is 1. The highest BCUT2D eigenvalue weighted by Gasteiger charge is 2.32. The second-order valence-corrected chi connectivity index (χ2v) is 7.40. The number of allylic oxidation sites excluding steroid dienone is 3.